The van der Waals surface area contributed by atoms with Crippen LogP contribution in [0.15, 0.2) is 35.7 Å². The minimum Gasteiger partial charge on any atom is -0.263 e. The molecule has 2 rings (SSSR count). The first-order chi connectivity index (χ1) is 7.18. The van der Waals surface area contributed by atoms with E-state index in [0.29, 0.717) is 0 Å². The highest BCUT2D eigenvalue weighted by Gasteiger charge is 2.14. The second-order valence-electron chi connectivity index (χ2n) is 2.63. The Morgan fingerprint density at radius 1 is 1.40 bits per heavy atom. The molecule has 0 amide bonds. The fraction of sp³-hybridized carbons (Fsp3) is 0. The summed E-state index contributed by atoms with van der Waals surface area (Å²) in [6, 6.07) is 2.97. The Hall–Kier alpha value is -1.96. The summed E-state index contributed by atoms with van der Waals surface area (Å²) < 4.78 is 25.5. The third-order valence-electron chi connectivity index (χ3n) is 1.59. The molecule has 2 heterocycles. The standard InChI is InChI=1S/C7H7N5O2S/c13-15(14,6-2-1-3-8-4-6)12-7-9-5-10-11-7/h1-5H,(H2,9,10,11,12). The summed E-state index contributed by atoms with van der Waals surface area (Å²) in [4.78, 5) is 7.44. The van der Waals surface area contributed by atoms with E-state index in [4.69, 9.17) is 0 Å². The molecular weight excluding hydrogens is 218 g/mol. The van der Waals surface area contributed by atoms with Crippen molar-refractivity contribution in [2.75, 3.05) is 4.72 Å². The Labute approximate surface area is 85.6 Å². The van der Waals surface area contributed by atoms with Gasteiger partial charge in [0.05, 0.1) is 0 Å². The van der Waals surface area contributed by atoms with Gasteiger partial charge in [-0.3, -0.25) is 4.98 Å². The molecule has 0 bridgehead atoms. The van der Waals surface area contributed by atoms with Gasteiger partial charge in [-0.25, -0.2) is 18.2 Å². The van der Waals surface area contributed by atoms with E-state index in [2.05, 4.69) is 24.9 Å². The van der Waals surface area contributed by atoms with Crippen molar-refractivity contribution < 1.29 is 8.42 Å². The average molecular weight is 225 g/mol. The van der Waals surface area contributed by atoms with Gasteiger partial charge in [-0.15, -0.1) is 0 Å². The van der Waals surface area contributed by atoms with E-state index in [1.807, 2.05) is 0 Å². The first-order valence-corrected chi connectivity index (χ1v) is 5.45. The molecule has 0 radical (unpaired) electrons. The number of rotatable bonds is 3. The molecule has 2 N–H and O–H groups in total. The Kier molecular flexibility index (Phi) is 2.34. The maximum atomic E-state index is 11.7. The molecule has 78 valence electrons. The molecule has 0 aromatic carbocycles. The molecule has 15 heavy (non-hydrogen) atoms. The maximum Gasteiger partial charge on any atom is 0.265 e. The number of H-pyrrole nitrogens is 1. The molecule has 2 aromatic rings. The van der Waals surface area contributed by atoms with Crippen molar-refractivity contribution in [2.45, 2.75) is 4.90 Å². The summed E-state index contributed by atoms with van der Waals surface area (Å²) in [7, 11) is -3.63. The maximum absolute atomic E-state index is 11.7. The van der Waals surface area contributed by atoms with Gasteiger partial charge in [0.1, 0.15) is 11.2 Å². The van der Waals surface area contributed by atoms with Gasteiger partial charge in [0.2, 0.25) is 5.95 Å². The monoisotopic (exact) mass is 225 g/mol. The van der Waals surface area contributed by atoms with Crippen LogP contribution >= 0.6 is 0 Å². The van der Waals surface area contributed by atoms with Gasteiger partial charge < -0.3 is 0 Å². The molecule has 2 aromatic heterocycles. The fourth-order valence-corrected chi connectivity index (χ4v) is 1.87. The largest absolute Gasteiger partial charge is 0.265 e. The molecule has 8 heteroatoms. The summed E-state index contributed by atoms with van der Waals surface area (Å²) in [5.74, 6) is 0.0684. The van der Waals surface area contributed by atoms with Gasteiger partial charge in [-0.05, 0) is 12.1 Å². The van der Waals surface area contributed by atoms with Crippen LogP contribution in [0.5, 0.6) is 0 Å². The lowest BCUT2D eigenvalue weighted by molar-refractivity contribution is 0.600. The molecule has 0 spiro atoms. The average Bonchev–Trinajstić information content (AvgIpc) is 2.71. The SMILES string of the molecule is O=S(=O)(Nc1ncn[nH]1)c1cccnc1. The smallest absolute Gasteiger partial charge is 0.263 e. The van der Waals surface area contributed by atoms with E-state index in [9.17, 15) is 8.42 Å². The van der Waals surface area contributed by atoms with E-state index < -0.39 is 10.0 Å². The van der Waals surface area contributed by atoms with Crippen molar-refractivity contribution in [3.63, 3.8) is 0 Å². The van der Waals surface area contributed by atoms with Crippen molar-refractivity contribution in [3.05, 3.63) is 30.9 Å². The minimum absolute atomic E-state index is 0.0684. The predicted octanol–water partition coefficient (Wildman–Crippen LogP) is 0.000500. The summed E-state index contributed by atoms with van der Waals surface area (Å²) in [6.07, 6.45) is 3.95. The lowest BCUT2D eigenvalue weighted by Gasteiger charge is -2.03. The summed E-state index contributed by atoms with van der Waals surface area (Å²) in [5, 5.41) is 5.91. The van der Waals surface area contributed by atoms with Crippen LogP contribution < -0.4 is 4.72 Å². The zero-order chi connectivity index (χ0) is 10.7. The fourth-order valence-electron chi connectivity index (χ4n) is 0.947. The van der Waals surface area contributed by atoms with Gasteiger partial charge >= 0.3 is 0 Å². The van der Waals surface area contributed by atoms with Crippen LogP contribution in [-0.4, -0.2) is 28.6 Å². The molecule has 0 aliphatic carbocycles. The third kappa shape index (κ3) is 2.10. The first-order valence-electron chi connectivity index (χ1n) is 3.97. The van der Waals surface area contributed by atoms with Crippen molar-refractivity contribution in [1.29, 1.82) is 0 Å². The number of aromatic amines is 1. The molecular formula is C7H7N5O2S. The first kappa shape index (κ1) is 9.59. The number of anilines is 1. The zero-order valence-corrected chi connectivity index (χ0v) is 8.27. The van der Waals surface area contributed by atoms with Crippen molar-refractivity contribution >= 4 is 16.0 Å². The number of hydrogen-bond donors (Lipinski definition) is 2. The number of nitrogens with one attached hydrogen (secondary N) is 2. The van der Waals surface area contributed by atoms with E-state index in [1.165, 1.54) is 30.9 Å². The van der Waals surface area contributed by atoms with Gasteiger partial charge in [0.15, 0.2) is 0 Å². The van der Waals surface area contributed by atoms with Gasteiger partial charge in [-0.1, -0.05) is 0 Å². The normalized spacial score (nSPS) is 11.2. The topological polar surface area (TPSA) is 101 Å². The van der Waals surface area contributed by atoms with Crippen LogP contribution in [0, 0.1) is 0 Å². The minimum atomic E-state index is -3.63. The van der Waals surface area contributed by atoms with Crippen molar-refractivity contribution in [1.82, 2.24) is 20.2 Å². The molecule has 0 saturated carbocycles. The number of hydrogen-bond acceptors (Lipinski definition) is 5. The molecule has 0 saturated heterocycles. The lowest BCUT2D eigenvalue weighted by Crippen LogP contribution is -2.14. The molecule has 0 atom stereocenters. The highest BCUT2D eigenvalue weighted by atomic mass is 32.2. The Balaban J connectivity index is 2.29. The molecule has 0 aliphatic rings. The zero-order valence-electron chi connectivity index (χ0n) is 7.45. The highest BCUT2D eigenvalue weighted by Crippen LogP contribution is 2.09. The second-order valence-corrected chi connectivity index (χ2v) is 4.31. The van der Waals surface area contributed by atoms with Gasteiger partial charge in [0.25, 0.3) is 10.0 Å². The van der Waals surface area contributed by atoms with Crippen LogP contribution in [0.25, 0.3) is 0 Å². The summed E-state index contributed by atoms with van der Waals surface area (Å²) >= 11 is 0. The molecule has 0 aliphatic heterocycles. The van der Waals surface area contributed by atoms with E-state index in [0.717, 1.165) is 0 Å². The summed E-state index contributed by atoms with van der Waals surface area (Å²) in [6.45, 7) is 0. The number of nitrogens with zero attached hydrogens (tertiary/aromatic N) is 3. The highest BCUT2D eigenvalue weighted by molar-refractivity contribution is 7.92. The van der Waals surface area contributed by atoms with E-state index >= 15 is 0 Å². The van der Waals surface area contributed by atoms with Crippen molar-refractivity contribution in [3.8, 4) is 0 Å². The van der Waals surface area contributed by atoms with E-state index in [1.54, 1.807) is 0 Å². The van der Waals surface area contributed by atoms with Crippen LogP contribution in [0.1, 0.15) is 0 Å². The summed E-state index contributed by atoms with van der Waals surface area (Å²) in [5.41, 5.74) is 0. The Morgan fingerprint density at radius 3 is 2.87 bits per heavy atom. The molecule has 0 fully saturated rings. The molecule has 0 unspecified atom stereocenters. The number of sulfonamides is 1. The number of aromatic nitrogens is 4. The van der Waals surface area contributed by atoms with Gasteiger partial charge in [-0.2, -0.15) is 10.1 Å². The Morgan fingerprint density at radius 2 is 2.27 bits per heavy atom. The van der Waals surface area contributed by atoms with Crippen LogP contribution in [-0.2, 0) is 10.0 Å². The quantitative estimate of drug-likeness (QED) is 0.765. The molecule has 7 nitrogen and oxygen atoms in total. The van der Waals surface area contributed by atoms with Gasteiger partial charge in [0, 0.05) is 12.4 Å². The van der Waals surface area contributed by atoms with Crippen LogP contribution in [0.2, 0.25) is 0 Å². The second kappa shape index (κ2) is 3.65. The van der Waals surface area contributed by atoms with Crippen molar-refractivity contribution in [2.24, 2.45) is 0 Å². The Bertz CT molecular complexity index is 522. The van der Waals surface area contributed by atoms with Crippen LogP contribution in [0.3, 0.4) is 0 Å². The van der Waals surface area contributed by atoms with E-state index in [-0.39, 0.29) is 10.8 Å². The number of pyridine rings is 1. The van der Waals surface area contributed by atoms with Crippen LogP contribution in [0.4, 0.5) is 5.95 Å². The lowest BCUT2D eigenvalue weighted by atomic mass is 10.5. The third-order valence-corrected chi connectivity index (χ3v) is 2.91. The predicted molar refractivity (Wildman–Crippen MR) is 51.4 cm³/mol.